The Bertz CT molecular complexity index is 234. The van der Waals surface area contributed by atoms with Gasteiger partial charge in [-0.3, -0.25) is 4.90 Å². The highest BCUT2D eigenvalue weighted by molar-refractivity contribution is 4.85. The van der Waals surface area contributed by atoms with Crippen molar-refractivity contribution < 1.29 is 0 Å². The Morgan fingerprint density at radius 2 is 1.94 bits per heavy atom. The van der Waals surface area contributed by atoms with Crippen LogP contribution < -0.4 is 5.73 Å². The number of rotatable bonds is 4. The number of hydrogen-bond acceptors (Lipinski definition) is 3. The maximum absolute atomic E-state index is 6.04. The van der Waals surface area contributed by atoms with Crippen molar-refractivity contribution in [2.75, 3.05) is 32.7 Å². The van der Waals surface area contributed by atoms with E-state index in [9.17, 15) is 0 Å². The summed E-state index contributed by atoms with van der Waals surface area (Å²) in [5, 5.41) is 0. The first-order valence-electron chi connectivity index (χ1n) is 7.30. The van der Waals surface area contributed by atoms with Crippen LogP contribution in [-0.4, -0.2) is 54.1 Å². The van der Waals surface area contributed by atoms with Crippen molar-refractivity contribution in [2.45, 2.75) is 57.5 Å². The van der Waals surface area contributed by atoms with E-state index in [1.54, 1.807) is 0 Å². The van der Waals surface area contributed by atoms with Crippen molar-refractivity contribution in [2.24, 2.45) is 5.73 Å². The molecule has 100 valence electrons. The highest BCUT2D eigenvalue weighted by atomic mass is 15.3. The zero-order valence-corrected chi connectivity index (χ0v) is 11.6. The zero-order valence-electron chi connectivity index (χ0n) is 11.6. The second-order valence-corrected chi connectivity index (χ2v) is 6.58. The summed E-state index contributed by atoms with van der Waals surface area (Å²) in [5.41, 5.74) is 6.05. The van der Waals surface area contributed by atoms with Crippen molar-refractivity contribution >= 4 is 0 Å². The van der Waals surface area contributed by atoms with Crippen LogP contribution in [0.25, 0.3) is 0 Å². The van der Waals surface area contributed by atoms with Gasteiger partial charge < -0.3 is 10.6 Å². The van der Waals surface area contributed by atoms with Crippen molar-refractivity contribution in [3.05, 3.63) is 0 Å². The molecule has 2 fully saturated rings. The lowest BCUT2D eigenvalue weighted by atomic mass is 10.00. The van der Waals surface area contributed by atoms with Crippen LogP contribution in [0.2, 0.25) is 0 Å². The molecule has 3 nitrogen and oxygen atoms in total. The minimum atomic E-state index is 0.00520. The fraction of sp³-hybridized carbons (Fsp3) is 1.00. The summed E-state index contributed by atoms with van der Waals surface area (Å²) in [6, 6.07) is 0.850. The second kappa shape index (κ2) is 5.68. The summed E-state index contributed by atoms with van der Waals surface area (Å²) in [4.78, 5) is 5.37. The van der Waals surface area contributed by atoms with Crippen molar-refractivity contribution in [3.8, 4) is 0 Å². The molecule has 0 aromatic carbocycles. The fourth-order valence-corrected chi connectivity index (χ4v) is 3.24. The van der Waals surface area contributed by atoms with Crippen LogP contribution >= 0.6 is 0 Å². The van der Waals surface area contributed by atoms with Gasteiger partial charge in [0.25, 0.3) is 0 Å². The van der Waals surface area contributed by atoms with Crippen LogP contribution in [0.3, 0.4) is 0 Å². The molecule has 17 heavy (non-hydrogen) atoms. The number of fused-ring (bicyclic) bond motifs is 1. The molecule has 0 amide bonds. The van der Waals surface area contributed by atoms with E-state index in [4.69, 9.17) is 5.73 Å². The van der Waals surface area contributed by atoms with Crippen molar-refractivity contribution in [1.29, 1.82) is 0 Å². The third-order valence-electron chi connectivity index (χ3n) is 4.18. The molecule has 1 unspecified atom stereocenters. The normalized spacial score (nSPS) is 28.1. The van der Waals surface area contributed by atoms with Gasteiger partial charge in [0.1, 0.15) is 0 Å². The van der Waals surface area contributed by atoms with Gasteiger partial charge in [-0.05, 0) is 72.1 Å². The maximum Gasteiger partial charge on any atom is 0.0223 e. The second-order valence-electron chi connectivity index (χ2n) is 6.58. The summed E-state index contributed by atoms with van der Waals surface area (Å²) in [6.07, 6.45) is 6.56. The molecule has 2 aliphatic heterocycles. The molecular weight excluding hydrogens is 210 g/mol. The van der Waals surface area contributed by atoms with Gasteiger partial charge in [0.05, 0.1) is 0 Å². The number of hydrogen-bond donors (Lipinski definition) is 1. The lowest BCUT2D eigenvalue weighted by molar-refractivity contribution is 0.214. The van der Waals surface area contributed by atoms with Crippen molar-refractivity contribution in [3.63, 3.8) is 0 Å². The van der Waals surface area contributed by atoms with Gasteiger partial charge in [0.15, 0.2) is 0 Å². The maximum atomic E-state index is 6.04. The first-order valence-corrected chi connectivity index (χ1v) is 7.30. The molecule has 0 spiro atoms. The molecule has 2 aliphatic rings. The van der Waals surface area contributed by atoms with E-state index in [0.29, 0.717) is 0 Å². The SMILES string of the molecule is CC(C)(N)CCCN1CCCN2CCCC2C1. The summed E-state index contributed by atoms with van der Waals surface area (Å²) < 4.78 is 0. The Hall–Kier alpha value is -0.120. The van der Waals surface area contributed by atoms with Gasteiger partial charge in [-0.25, -0.2) is 0 Å². The van der Waals surface area contributed by atoms with Crippen LogP contribution in [0.1, 0.15) is 46.0 Å². The Kier molecular flexibility index (Phi) is 4.45. The monoisotopic (exact) mass is 239 g/mol. The van der Waals surface area contributed by atoms with Crippen molar-refractivity contribution in [1.82, 2.24) is 9.80 Å². The standard InChI is InChI=1S/C14H29N3/c1-14(2,15)7-4-8-16-9-5-11-17-10-3-6-13(17)12-16/h13H,3-12,15H2,1-2H3. The molecule has 2 rings (SSSR count). The predicted octanol–water partition coefficient (Wildman–Crippen LogP) is 1.67. The third-order valence-corrected chi connectivity index (χ3v) is 4.18. The van der Waals surface area contributed by atoms with Gasteiger partial charge in [0, 0.05) is 18.1 Å². The molecule has 0 aromatic rings. The lowest BCUT2D eigenvalue weighted by Crippen LogP contribution is -2.38. The highest BCUT2D eigenvalue weighted by Gasteiger charge is 2.28. The number of nitrogens with zero attached hydrogens (tertiary/aromatic N) is 2. The Balaban J connectivity index is 1.73. The molecule has 0 aliphatic carbocycles. The molecule has 1 atom stereocenters. The zero-order chi connectivity index (χ0) is 12.3. The van der Waals surface area contributed by atoms with Crippen LogP contribution in [-0.2, 0) is 0 Å². The van der Waals surface area contributed by atoms with Crippen LogP contribution in [0.4, 0.5) is 0 Å². The summed E-state index contributed by atoms with van der Waals surface area (Å²) in [5.74, 6) is 0. The summed E-state index contributed by atoms with van der Waals surface area (Å²) in [6.45, 7) is 10.8. The van der Waals surface area contributed by atoms with Gasteiger partial charge in [-0.15, -0.1) is 0 Å². The minimum Gasteiger partial charge on any atom is -0.326 e. The van der Waals surface area contributed by atoms with Gasteiger partial charge in [0.2, 0.25) is 0 Å². The first kappa shape index (κ1) is 13.3. The van der Waals surface area contributed by atoms with Gasteiger partial charge in [-0.1, -0.05) is 0 Å². The first-order chi connectivity index (χ1) is 8.04. The topological polar surface area (TPSA) is 32.5 Å². The Labute approximate surface area is 106 Å². The van der Waals surface area contributed by atoms with Crippen LogP contribution in [0.15, 0.2) is 0 Å². The molecular formula is C14H29N3. The number of nitrogens with two attached hydrogens (primary N) is 1. The van der Waals surface area contributed by atoms with E-state index in [0.717, 1.165) is 12.5 Å². The minimum absolute atomic E-state index is 0.00520. The molecule has 0 radical (unpaired) electrons. The average Bonchev–Trinajstić information content (AvgIpc) is 2.56. The molecule has 0 aromatic heterocycles. The summed E-state index contributed by atoms with van der Waals surface area (Å²) in [7, 11) is 0. The van der Waals surface area contributed by atoms with E-state index in [1.165, 1.54) is 58.4 Å². The quantitative estimate of drug-likeness (QED) is 0.810. The van der Waals surface area contributed by atoms with E-state index in [-0.39, 0.29) is 5.54 Å². The predicted molar refractivity (Wildman–Crippen MR) is 73.2 cm³/mol. The molecule has 0 bridgehead atoms. The molecule has 2 saturated heterocycles. The van der Waals surface area contributed by atoms with Crippen LogP contribution in [0.5, 0.6) is 0 Å². The average molecular weight is 239 g/mol. The Morgan fingerprint density at radius 1 is 1.18 bits per heavy atom. The van der Waals surface area contributed by atoms with Crippen LogP contribution in [0, 0.1) is 0 Å². The molecule has 2 heterocycles. The lowest BCUT2D eigenvalue weighted by Gasteiger charge is -2.26. The smallest absolute Gasteiger partial charge is 0.0223 e. The van der Waals surface area contributed by atoms with Gasteiger partial charge >= 0.3 is 0 Å². The molecule has 0 saturated carbocycles. The Morgan fingerprint density at radius 3 is 2.71 bits per heavy atom. The fourth-order valence-electron chi connectivity index (χ4n) is 3.24. The van der Waals surface area contributed by atoms with E-state index in [1.807, 2.05) is 0 Å². The molecule has 3 heteroatoms. The van der Waals surface area contributed by atoms with E-state index in [2.05, 4.69) is 23.6 Å². The largest absolute Gasteiger partial charge is 0.326 e. The third kappa shape index (κ3) is 4.23. The molecule has 2 N–H and O–H groups in total. The van der Waals surface area contributed by atoms with Gasteiger partial charge in [-0.2, -0.15) is 0 Å². The van der Waals surface area contributed by atoms with E-state index >= 15 is 0 Å². The summed E-state index contributed by atoms with van der Waals surface area (Å²) >= 11 is 0. The van der Waals surface area contributed by atoms with E-state index < -0.39 is 0 Å². The highest BCUT2D eigenvalue weighted by Crippen LogP contribution is 2.21.